The molecule has 3 heterocycles. The third kappa shape index (κ3) is 3.56. The molecule has 144 valence electrons. The Balaban J connectivity index is 1.56. The van der Waals surface area contributed by atoms with Crippen LogP contribution in [0.5, 0.6) is 11.5 Å². The second-order valence-electron chi connectivity index (χ2n) is 5.75. The molecule has 0 aliphatic heterocycles. The molecule has 0 N–H and O–H groups in total. The largest absolute Gasteiger partial charge is 0.493 e. The number of nitrogens with zero attached hydrogens (tertiary/aromatic N) is 3. The van der Waals surface area contributed by atoms with Crippen LogP contribution in [0.3, 0.4) is 0 Å². The molecule has 4 aromatic rings. The van der Waals surface area contributed by atoms with Gasteiger partial charge in [-0.25, -0.2) is 9.78 Å². The standard InChI is InChI=1S/C19H17N3O5S/c1-3-25-14-7-6-12(9-16(14)24-2)18-20-13(11-28-18)10-22-19(23)27-17(21-22)15-5-4-8-26-15/h4-9,11H,3,10H2,1-2H3. The van der Waals surface area contributed by atoms with E-state index in [0.717, 1.165) is 10.6 Å². The smallest absolute Gasteiger partial charge is 0.437 e. The van der Waals surface area contributed by atoms with Crippen LogP contribution in [-0.2, 0) is 6.54 Å². The minimum absolute atomic E-state index is 0.140. The monoisotopic (exact) mass is 399 g/mol. The molecule has 0 aliphatic carbocycles. The van der Waals surface area contributed by atoms with Gasteiger partial charge >= 0.3 is 5.76 Å². The second-order valence-corrected chi connectivity index (χ2v) is 6.61. The quantitative estimate of drug-likeness (QED) is 0.468. The molecule has 0 radical (unpaired) electrons. The molecule has 4 rings (SSSR count). The Morgan fingerprint density at radius 2 is 2.14 bits per heavy atom. The van der Waals surface area contributed by atoms with Gasteiger partial charge in [0, 0.05) is 10.9 Å². The van der Waals surface area contributed by atoms with Crippen molar-refractivity contribution in [3.63, 3.8) is 0 Å². The van der Waals surface area contributed by atoms with Gasteiger partial charge in [0.15, 0.2) is 17.3 Å². The zero-order valence-corrected chi connectivity index (χ0v) is 16.1. The van der Waals surface area contributed by atoms with Gasteiger partial charge in [0.05, 0.1) is 32.2 Å². The molecule has 0 aliphatic rings. The molecular weight excluding hydrogens is 382 g/mol. The van der Waals surface area contributed by atoms with Crippen LogP contribution in [0.25, 0.3) is 22.2 Å². The predicted octanol–water partition coefficient (Wildman–Crippen LogP) is 3.68. The average molecular weight is 399 g/mol. The van der Waals surface area contributed by atoms with Gasteiger partial charge in [-0.2, -0.15) is 4.68 Å². The van der Waals surface area contributed by atoms with E-state index in [2.05, 4.69) is 10.1 Å². The summed E-state index contributed by atoms with van der Waals surface area (Å²) >= 11 is 1.47. The first-order valence-electron chi connectivity index (χ1n) is 8.55. The molecule has 9 heteroatoms. The van der Waals surface area contributed by atoms with Crippen molar-refractivity contribution in [3.8, 4) is 33.7 Å². The molecular formula is C19H17N3O5S. The van der Waals surface area contributed by atoms with E-state index in [0.29, 0.717) is 29.6 Å². The normalized spacial score (nSPS) is 10.9. The summed E-state index contributed by atoms with van der Waals surface area (Å²) in [6.45, 7) is 2.68. The summed E-state index contributed by atoms with van der Waals surface area (Å²) in [7, 11) is 1.60. The van der Waals surface area contributed by atoms with Gasteiger partial charge in [-0.3, -0.25) is 0 Å². The van der Waals surface area contributed by atoms with Crippen molar-refractivity contribution in [1.82, 2.24) is 14.8 Å². The molecule has 8 nitrogen and oxygen atoms in total. The fourth-order valence-electron chi connectivity index (χ4n) is 2.65. The topological polar surface area (TPSA) is 92.5 Å². The predicted molar refractivity (Wildman–Crippen MR) is 103 cm³/mol. The lowest BCUT2D eigenvalue weighted by Gasteiger charge is -2.09. The maximum Gasteiger partial charge on any atom is 0.437 e. The molecule has 0 unspecified atom stereocenters. The summed E-state index contributed by atoms with van der Waals surface area (Å²) in [5.41, 5.74) is 1.61. The highest BCUT2D eigenvalue weighted by molar-refractivity contribution is 7.13. The molecule has 0 bridgehead atoms. The minimum Gasteiger partial charge on any atom is -0.493 e. The number of benzene rings is 1. The zero-order valence-electron chi connectivity index (χ0n) is 15.2. The Morgan fingerprint density at radius 3 is 2.89 bits per heavy atom. The summed E-state index contributed by atoms with van der Waals surface area (Å²) in [6, 6.07) is 9.04. The van der Waals surface area contributed by atoms with Crippen LogP contribution in [-0.4, -0.2) is 28.5 Å². The second kappa shape index (κ2) is 7.73. The third-order valence-electron chi connectivity index (χ3n) is 3.91. The molecule has 1 aromatic carbocycles. The van der Waals surface area contributed by atoms with Crippen LogP contribution in [0.2, 0.25) is 0 Å². The van der Waals surface area contributed by atoms with Crippen LogP contribution >= 0.6 is 11.3 Å². The van der Waals surface area contributed by atoms with E-state index in [1.54, 1.807) is 19.2 Å². The molecule has 0 fully saturated rings. The van der Waals surface area contributed by atoms with Crippen LogP contribution in [0.15, 0.2) is 55.6 Å². The fourth-order valence-corrected chi connectivity index (χ4v) is 3.45. The highest BCUT2D eigenvalue weighted by atomic mass is 32.1. The van der Waals surface area contributed by atoms with E-state index in [-0.39, 0.29) is 12.4 Å². The van der Waals surface area contributed by atoms with Gasteiger partial charge < -0.3 is 18.3 Å². The lowest BCUT2D eigenvalue weighted by molar-refractivity contribution is 0.311. The molecule has 0 saturated heterocycles. The number of furan rings is 1. The first kappa shape index (κ1) is 18.1. The number of thiazole rings is 1. The Hall–Kier alpha value is -3.33. The number of rotatable bonds is 7. The lowest BCUT2D eigenvalue weighted by atomic mass is 10.2. The van der Waals surface area contributed by atoms with Gasteiger partial charge in [-0.1, -0.05) is 0 Å². The van der Waals surface area contributed by atoms with Crippen molar-refractivity contribution in [1.29, 1.82) is 0 Å². The Morgan fingerprint density at radius 1 is 1.25 bits per heavy atom. The molecule has 0 amide bonds. The highest BCUT2D eigenvalue weighted by Crippen LogP contribution is 2.33. The van der Waals surface area contributed by atoms with Crippen LogP contribution < -0.4 is 15.2 Å². The average Bonchev–Trinajstić information content (AvgIpc) is 3.45. The summed E-state index contributed by atoms with van der Waals surface area (Å²) in [6.07, 6.45) is 1.49. The van der Waals surface area contributed by atoms with Crippen molar-refractivity contribution in [2.24, 2.45) is 0 Å². The highest BCUT2D eigenvalue weighted by Gasteiger charge is 2.15. The van der Waals surface area contributed by atoms with E-state index >= 15 is 0 Å². The number of hydrogen-bond donors (Lipinski definition) is 0. The van der Waals surface area contributed by atoms with E-state index in [9.17, 15) is 4.79 Å². The van der Waals surface area contributed by atoms with E-state index in [4.69, 9.17) is 18.3 Å². The maximum atomic E-state index is 12.0. The van der Waals surface area contributed by atoms with Crippen molar-refractivity contribution in [3.05, 3.63) is 58.2 Å². The van der Waals surface area contributed by atoms with Crippen LogP contribution in [0.1, 0.15) is 12.6 Å². The van der Waals surface area contributed by atoms with Gasteiger partial charge in [0.2, 0.25) is 0 Å². The van der Waals surface area contributed by atoms with E-state index in [1.165, 1.54) is 22.3 Å². The summed E-state index contributed by atoms with van der Waals surface area (Å²) in [4.78, 5) is 16.6. The first-order chi connectivity index (χ1) is 13.7. The zero-order chi connectivity index (χ0) is 19.5. The summed E-state index contributed by atoms with van der Waals surface area (Å²) < 4.78 is 22.5. The molecule has 0 saturated carbocycles. The van der Waals surface area contributed by atoms with E-state index in [1.807, 2.05) is 30.5 Å². The van der Waals surface area contributed by atoms with Gasteiger partial charge in [0.25, 0.3) is 5.89 Å². The van der Waals surface area contributed by atoms with E-state index < -0.39 is 5.76 Å². The van der Waals surface area contributed by atoms with Crippen LogP contribution in [0, 0.1) is 0 Å². The fraction of sp³-hybridized carbons (Fsp3) is 0.211. The number of aromatic nitrogens is 3. The Bertz CT molecular complexity index is 1130. The molecule has 28 heavy (non-hydrogen) atoms. The lowest BCUT2D eigenvalue weighted by Crippen LogP contribution is -2.16. The maximum absolute atomic E-state index is 12.0. The van der Waals surface area contributed by atoms with Gasteiger partial charge in [-0.15, -0.1) is 16.4 Å². The minimum atomic E-state index is -0.566. The molecule has 0 spiro atoms. The number of ether oxygens (including phenoxy) is 2. The SMILES string of the molecule is CCOc1ccc(-c2nc(Cn3nc(-c4ccco4)oc3=O)cs2)cc1OC. The van der Waals surface area contributed by atoms with Gasteiger partial charge in [0.1, 0.15) is 5.01 Å². The van der Waals surface area contributed by atoms with Crippen molar-refractivity contribution in [2.45, 2.75) is 13.5 Å². The molecule has 0 atom stereocenters. The Kier molecular flexibility index (Phi) is 4.98. The van der Waals surface area contributed by atoms with Crippen LogP contribution in [0.4, 0.5) is 0 Å². The van der Waals surface area contributed by atoms with Gasteiger partial charge in [-0.05, 0) is 37.3 Å². The van der Waals surface area contributed by atoms with Crippen molar-refractivity contribution >= 4 is 11.3 Å². The summed E-state index contributed by atoms with van der Waals surface area (Å²) in [5.74, 6) is 1.30. The Labute approximate surface area is 164 Å². The van der Waals surface area contributed by atoms with Crippen molar-refractivity contribution in [2.75, 3.05) is 13.7 Å². The van der Waals surface area contributed by atoms with Crippen molar-refractivity contribution < 1.29 is 18.3 Å². The number of methoxy groups -OCH3 is 1. The first-order valence-corrected chi connectivity index (χ1v) is 9.43. The third-order valence-corrected chi connectivity index (χ3v) is 4.85. The summed E-state index contributed by atoms with van der Waals surface area (Å²) in [5, 5.41) is 6.85. The number of hydrogen-bond acceptors (Lipinski definition) is 8. The molecule has 3 aromatic heterocycles.